The van der Waals surface area contributed by atoms with Crippen LogP contribution >= 0.6 is 23.2 Å². The van der Waals surface area contributed by atoms with Crippen LogP contribution in [0.15, 0.2) is 49.2 Å². The van der Waals surface area contributed by atoms with Crippen molar-refractivity contribution in [2.75, 3.05) is 14.2 Å². The Bertz CT molecular complexity index is 701. The number of hydrogen-bond donors (Lipinski definition) is 2. The van der Waals surface area contributed by atoms with E-state index in [2.05, 4.69) is 17.6 Å². The third-order valence-electron chi connectivity index (χ3n) is 3.19. The number of rotatable bonds is 5. The molecule has 0 bridgehead atoms. The normalized spacial score (nSPS) is 9.54. The average Bonchev–Trinajstić information content (AvgIpc) is 2.61. The molecular formula is C18H20Cl2N2O2. The molecule has 2 aromatic rings. The van der Waals surface area contributed by atoms with Crippen molar-refractivity contribution in [2.24, 2.45) is 5.73 Å². The first-order valence-electron chi connectivity index (χ1n) is 7.16. The fourth-order valence-corrected chi connectivity index (χ4v) is 2.69. The number of ether oxygens (including phenoxy) is 1. The molecule has 0 spiro atoms. The van der Waals surface area contributed by atoms with Crippen molar-refractivity contribution in [2.45, 2.75) is 6.42 Å². The van der Waals surface area contributed by atoms with Gasteiger partial charge in [-0.15, -0.1) is 0 Å². The van der Waals surface area contributed by atoms with Gasteiger partial charge in [-0.05, 0) is 42.6 Å². The van der Waals surface area contributed by atoms with Crippen LogP contribution in [0.5, 0.6) is 5.75 Å². The average molecular weight is 367 g/mol. The maximum Gasteiger partial charge on any atom is 0.228 e. The molecule has 2 aromatic carbocycles. The highest BCUT2D eigenvalue weighted by Crippen LogP contribution is 2.35. The molecule has 0 saturated carbocycles. The molecule has 0 unspecified atom stereocenters. The molecule has 0 aromatic heterocycles. The molecule has 2 rings (SSSR count). The summed E-state index contributed by atoms with van der Waals surface area (Å²) in [7, 11) is 3.11. The van der Waals surface area contributed by atoms with Crippen molar-refractivity contribution in [3.63, 3.8) is 0 Å². The van der Waals surface area contributed by atoms with E-state index in [-0.39, 0.29) is 12.3 Å². The van der Waals surface area contributed by atoms with E-state index in [4.69, 9.17) is 27.9 Å². The van der Waals surface area contributed by atoms with Gasteiger partial charge in [-0.25, -0.2) is 0 Å². The minimum absolute atomic E-state index is 0.0910. The summed E-state index contributed by atoms with van der Waals surface area (Å²) in [6.07, 6.45) is 1.42. The van der Waals surface area contributed by atoms with Crippen molar-refractivity contribution in [3.05, 3.63) is 64.8 Å². The second-order valence-electron chi connectivity index (χ2n) is 4.56. The summed E-state index contributed by atoms with van der Waals surface area (Å²) in [4.78, 5) is 11.7. The summed E-state index contributed by atoms with van der Waals surface area (Å²) in [5.41, 5.74) is 6.83. The molecular weight excluding hydrogens is 347 g/mol. The van der Waals surface area contributed by atoms with Crippen molar-refractivity contribution < 1.29 is 9.53 Å². The van der Waals surface area contributed by atoms with Gasteiger partial charge in [0.05, 0.1) is 18.6 Å². The van der Waals surface area contributed by atoms with Gasteiger partial charge in [-0.1, -0.05) is 48.0 Å². The summed E-state index contributed by atoms with van der Waals surface area (Å²) in [6, 6.07) is 11.1. The summed E-state index contributed by atoms with van der Waals surface area (Å²) < 4.78 is 5.14. The number of carbonyl (C=O) groups excluding carboxylic acids is 1. The number of nitrogens with two attached hydrogens (primary N) is 1. The summed E-state index contributed by atoms with van der Waals surface area (Å²) in [5, 5.41) is 3.44. The van der Waals surface area contributed by atoms with Crippen LogP contribution in [0.25, 0.3) is 11.1 Å². The molecule has 4 nitrogen and oxygen atoms in total. The minimum atomic E-state index is -0.217. The molecule has 128 valence electrons. The van der Waals surface area contributed by atoms with Gasteiger partial charge < -0.3 is 15.8 Å². The first-order valence-corrected chi connectivity index (χ1v) is 7.91. The van der Waals surface area contributed by atoms with Crippen LogP contribution in [0.2, 0.25) is 10.0 Å². The van der Waals surface area contributed by atoms with Crippen LogP contribution in [0.3, 0.4) is 0 Å². The van der Waals surface area contributed by atoms with Crippen LogP contribution < -0.4 is 15.8 Å². The molecule has 0 aliphatic rings. The SMILES string of the molecule is C=CNC(=O)Cc1c(Cl)ccc(-c2ccc(OC)cc2)c1Cl.CN. The van der Waals surface area contributed by atoms with Crippen LogP contribution in [-0.4, -0.2) is 20.1 Å². The van der Waals surface area contributed by atoms with E-state index in [1.807, 2.05) is 30.3 Å². The highest BCUT2D eigenvalue weighted by Gasteiger charge is 2.15. The second-order valence-corrected chi connectivity index (χ2v) is 5.35. The van der Waals surface area contributed by atoms with Crippen molar-refractivity contribution >= 4 is 29.1 Å². The quantitative estimate of drug-likeness (QED) is 0.838. The molecule has 0 heterocycles. The molecule has 0 saturated heterocycles. The van der Waals surface area contributed by atoms with E-state index in [0.717, 1.165) is 16.9 Å². The third kappa shape index (κ3) is 4.99. The molecule has 0 fully saturated rings. The van der Waals surface area contributed by atoms with Gasteiger partial charge in [0, 0.05) is 10.6 Å². The van der Waals surface area contributed by atoms with Crippen LogP contribution in [0.4, 0.5) is 0 Å². The van der Waals surface area contributed by atoms with Gasteiger partial charge >= 0.3 is 0 Å². The Balaban J connectivity index is 0.00000139. The Hall–Kier alpha value is -2.01. The number of nitrogens with one attached hydrogen (secondary N) is 1. The summed E-state index contributed by atoms with van der Waals surface area (Å²) in [6.45, 7) is 3.46. The highest BCUT2D eigenvalue weighted by molar-refractivity contribution is 6.38. The van der Waals surface area contributed by atoms with Crippen LogP contribution in [0.1, 0.15) is 5.56 Å². The third-order valence-corrected chi connectivity index (χ3v) is 3.97. The highest BCUT2D eigenvalue weighted by atomic mass is 35.5. The Morgan fingerprint density at radius 3 is 2.38 bits per heavy atom. The van der Waals surface area contributed by atoms with E-state index >= 15 is 0 Å². The predicted octanol–water partition coefficient (Wildman–Crippen LogP) is 4.05. The van der Waals surface area contributed by atoms with Crippen molar-refractivity contribution in [3.8, 4) is 16.9 Å². The lowest BCUT2D eigenvalue weighted by molar-refractivity contribution is -0.119. The summed E-state index contributed by atoms with van der Waals surface area (Å²) >= 11 is 12.6. The Kier molecular flexibility index (Phi) is 8.33. The zero-order valence-electron chi connectivity index (χ0n) is 13.6. The lowest BCUT2D eigenvalue weighted by atomic mass is 10.0. The monoisotopic (exact) mass is 366 g/mol. The molecule has 3 N–H and O–H groups in total. The van der Waals surface area contributed by atoms with Crippen molar-refractivity contribution in [1.29, 1.82) is 0 Å². The number of amides is 1. The zero-order valence-corrected chi connectivity index (χ0v) is 15.1. The molecule has 24 heavy (non-hydrogen) atoms. The van der Waals surface area contributed by atoms with E-state index in [1.54, 1.807) is 13.2 Å². The van der Waals surface area contributed by atoms with Gasteiger partial charge in [0.25, 0.3) is 0 Å². The minimum Gasteiger partial charge on any atom is -0.497 e. The fraction of sp³-hybridized carbons (Fsp3) is 0.167. The number of methoxy groups -OCH3 is 1. The molecule has 0 atom stereocenters. The maximum absolute atomic E-state index is 11.7. The topological polar surface area (TPSA) is 64.3 Å². The second kappa shape index (κ2) is 9.98. The number of hydrogen-bond acceptors (Lipinski definition) is 3. The Morgan fingerprint density at radius 2 is 1.83 bits per heavy atom. The Morgan fingerprint density at radius 1 is 1.21 bits per heavy atom. The van der Waals surface area contributed by atoms with Crippen molar-refractivity contribution in [1.82, 2.24) is 5.32 Å². The molecule has 1 amide bonds. The maximum atomic E-state index is 11.7. The van der Waals surface area contributed by atoms with Gasteiger partial charge in [0.2, 0.25) is 5.91 Å². The molecule has 0 aliphatic carbocycles. The van der Waals surface area contributed by atoms with Crippen LogP contribution in [0, 0.1) is 0 Å². The lowest BCUT2D eigenvalue weighted by Gasteiger charge is -2.12. The van der Waals surface area contributed by atoms with Gasteiger partial charge in [-0.2, -0.15) is 0 Å². The van der Waals surface area contributed by atoms with E-state index < -0.39 is 0 Å². The number of carbonyl (C=O) groups is 1. The lowest BCUT2D eigenvalue weighted by Crippen LogP contribution is -2.19. The number of benzene rings is 2. The molecule has 6 heteroatoms. The Labute approximate surface area is 152 Å². The molecule has 0 aliphatic heterocycles. The van der Waals surface area contributed by atoms with Crippen LogP contribution in [-0.2, 0) is 11.2 Å². The van der Waals surface area contributed by atoms with Gasteiger partial charge in [-0.3, -0.25) is 4.79 Å². The van der Waals surface area contributed by atoms with Gasteiger partial charge in [0.1, 0.15) is 5.75 Å². The predicted molar refractivity (Wildman–Crippen MR) is 101 cm³/mol. The summed E-state index contributed by atoms with van der Waals surface area (Å²) in [5.74, 6) is 0.546. The largest absolute Gasteiger partial charge is 0.497 e. The molecule has 0 radical (unpaired) electrons. The van der Waals surface area contributed by atoms with E-state index in [9.17, 15) is 4.79 Å². The van der Waals surface area contributed by atoms with E-state index in [1.165, 1.54) is 13.2 Å². The zero-order chi connectivity index (χ0) is 18.1. The first kappa shape index (κ1) is 20.0. The fourth-order valence-electron chi connectivity index (χ4n) is 2.08. The standard InChI is InChI=1S/C17H15Cl2NO2.CH5N/c1-3-20-16(21)10-14-15(18)9-8-13(17(14)19)11-4-6-12(22-2)7-5-11;1-2/h3-9H,1,10H2,2H3,(H,20,21);2H2,1H3. The van der Waals surface area contributed by atoms with E-state index in [0.29, 0.717) is 15.6 Å². The number of halogens is 2. The smallest absolute Gasteiger partial charge is 0.228 e. The first-order chi connectivity index (χ1) is 11.6. The van der Waals surface area contributed by atoms with Gasteiger partial charge in [0.15, 0.2) is 0 Å².